The molecule has 0 fully saturated rings. The molecule has 0 amide bonds. The van der Waals surface area contributed by atoms with Crippen LogP contribution in [0.4, 0.5) is 0 Å². The Hall–Kier alpha value is -2.17. The van der Waals surface area contributed by atoms with Crippen LogP contribution in [0, 0.1) is 0 Å². The van der Waals surface area contributed by atoms with Gasteiger partial charge in [-0.1, -0.05) is 25.1 Å². The lowest BCUT2D eigenvalue weighted by atomic mass is 10.1. The van der Waals surface area contributed by atoms with E-state index in [1.54, 1.807) is 44.2 Å². The second kappa shape index (κ2) is 8.89. The fourth-order valence-electron chi connectivity index (χ4n) is 1.75. The Morgan fingerprint density at radius 1 is 1.05 bits per heavy atom. The van der Waals surface area contributed by atoms with E-state index < -0.39 is 18.0 Å². The highest BCUT2D eigenvalue weighted by Crippen LogP contribution is 2.12. The zero-order chi connectivity index (χ0) is 15.7. The molecule has 0 heterocycles. The van der Waals surface area contributed by atoms with Crippen molar-refractivity contribution in [2.24, 2.45) is 0 Å². The van der Waals surface area contributed by atoms with Crippen molar-refractivity contribution in [3.05, 3.63) is 35.9 Å². The van der Waals surface area contributed by atoms with E-state index in [2.05, 4.69) is 0 Å². The van der Waals surface area contributed by atoms with E-state index >= 15 is 0 Å². The Balaban J connectivity index is 2.69. The van der Waals surface area contributed by atoms with Gasteiger partial charge in [0.05, 0.1) is 18.6 Å². The molecule has 21 heavy (non-hydrogen) atoms. The van der Waals surface area contributed by atoms with Crippen molar-refractivity contribution in [3.63, 3.8) is 0 Å². The minimum Gasteiger partial charge on any atom is -0.466 e. The molecule has 0 saturated heterocycles. The number of Topliss-reactive ketones (excluding diaryl/α,β-unsaturated/α-hetero) is 1. The van der Waals surface area contributed by atoms with Gasteiger partial charge in [-0.3, -0.25) is 9.59 Å². The third kappa shape index (κ3) is 6.21. The second-order valence-electron chi connectivity index (χ2n) is 4.50. The van der Waals surface area contributed by atoms with Crippen molar-refractivity contribution >= 4 is 17.7 Å². The van der Waals surface area contributed by atoms with Crippen LogP contribution >= 0.6 is 0 Å². The second-order valence-corrected chi connectivity index (χ2v) is 4.50. The highest BCUT2D eigenvalue weighted by atomic mass is 16.6. The summed E-state index contributed by atoms with van der Waals surface area (Å²) in [6.45, 7) is 3.67. The third-order valence-corrected chi connectivity index (χ3v) is 2.83. The molecule has 0 N–H and O–H groups in total. The summed E-state index contributed by atoms with van der Waals surface area (Å²) in [5.41, 5.74) is 0.385. The summed E-state index contributed by atoms with van der Waals surface area (Å²) in [5, 5.41) is 0. The van der Waals surface area contributed by atoms with E-state index in [1.807, 2.05) is 0 Å². The summed E-state index contributed by atoms with van der Waals surface area (Å²) in [7, 11) is 0. The zero-order valence-corrected chi connectivity index (χ0v) is 12.3. The molecule has 5 nitrogen and oxygen atoms in total. The molecule has 0 aromatic heterocycles. The lowest BCUT2D eigenvalue weighted by Gasteiger charge is -2.16. The van der Waals surface area contributed by atoms with Gasteiger partial charge in [0.25, 0.3) is 0 Å². The molecular weight excluding hydrogens is 272 g/mol. The predicted molar refractivity (Wildman–Crippen MR) is 76.8 cm³/mol. The molecule has 1 rings (SSSR count). The Morgan fingerprint density at radius 3 is 2.29 bits per heavy atom. The Kier molecular flexibility index (Phi) is 7.15. The first-order chi connectivity index (χ1) is 10.1. The van der Waals surface area contributed by atoms with E-state index in [9.17, 15) is 14.4 Å². The molecule has 0 saturated carbocycles. The van der Waals surface area contributed by atoms with Gasteiger partial charge < -0.3 is 9.47 Å². The molecule has 1 aromatic rings. The SMILES string of the molecule is CCOC(=O)C[C@@H](CC(=O)CC)OC(=O)c1ccccc1. The molecule has 0 bridgehead atoms. The lowest BCUT2D eigenvalue weighted by molar-refractivity contribution is -0.145. The van der Waals surface area contributed by atoms with Gasteiger partial charge in [0.2, 0.25) is 0 Å². The number of ketones is 1. The predicted octanol–water partition coefficient (Wildman–Crippen LogP) is 2.53. The number of carbonyl (C=O) groups is 3. The first-order valence-corrected chi connectivity index (χ1v) is 7.00. The molecule has 0 aliphatic carbocycles. The number of hydrogen-bond donors (Lipinski definition) is 0. The van der Waals surface area contributed by atoms with Crippen LogP contribution in [0.25, 0.3) is 0 Å². The molecule has 0 unspecified atom stereocenters. The molecule has 1 aromatic carbocycles. The quantitative estimate of drug-likeness (QED) is 0.689. The number of hydrogen-bond acceptors (Lipinski definition) is 5. The van der Waals surface area contributed by atoms with Crippen LogP contribution in [0.5, 0.6) is 0 Å². The average molecular weight is 292 g/mol. The first kappa shape index (κ1) is 16.9. The molecule has 1 atom stereocenters. The smallest absolute Gasteiger partial charge is 0.338 e. The van der Waals surface area contributed by atoms with E-state index in [0.29, 0.717) is 12.0 Å². The summed E-state index contributed by atoms with van der Waals surface area (Å²) < 4.78 is 10.1. The van der Waals surface area contributed by atoms with Gasteiger partial charge >= 0.3 is 11.9 Å². The van der Waals surface area contributed by atoms with Crippen LogP contribution in [0.2, 0.25) is 0 Å². The minimum atomic E-state index is -0.788. The number of rotatable bonds is 8. The Labute approximate surface area is 124 Å². The standard InChI is InChI=1S/C16H20O5/c1-3-13(17)10-14(11-15(18)20-4-2)21-16(19)12-8-6-5-7-9-12/h5-9,14H,3-4,10-11H2,1-2H3/t14-/m1/s1. The van der Waals surface area contributed by atoms with Crippen LogP contribution in [0.1, 0.15) is 43.5 Å². The highest BCUT2D eigenvalue weighted by molar-refractivity contribution is 5.90. The van der Waals surface area contributed by atoms with Gasteiger partial charge in [0.1, 0.15) is 11.9 Å². The summed E-state index contributed by atoms with van der Waals surface area (Å²) in [5.74, 6) is -1.09. The van der Waals surface area contributed by atoms with Gasteiger partial charge in [-0.15, -0.1) is 0 Å². The third-order valence-electron chi connectivity index (χ3n) is 2.83. The number of carbonyl (C=O) groups excluding carboxylic acids is 3. The maximum atomic E-state index is 12.0. The topological polar surface area (TPSA) is 69.7 Å². The fraction of sp³-hybridized carbons (Fsp3) is 0.438. The van der Waals surface area contributed by atoms with Crippen molar-refractivity contribution in [1.29, 1.82) is 0 Å². The molecule has 0 aliphatic rings. The van der Waals surface area contributed by atoms with Crippen molar-refractivity contribution in [1.82, 2.24) is 0 Å². The van der Waals surface area contributed by atoms with E-state index in [1.165, 1.54) is 0 Å². The number of esters is 2. The monoisotopic (exact) mass is 292 g/mol. The van der Waals surface area contributed by atoms with Crippen LogP contribution < -0.4 is 0 Å². The minimum absolute atomic E-state index is 0.0217. The van der Waals surface area contributed by atoms with Gasteiger partial charge in [-0.05, 0) is 19.1 Å². The summed E-state index contributed by atoms with van der Waals surface area (Å²) in [4.78, 5) is 35.0. The molecule has 5 heteroatoms. The Bertz CT molecular complexity index is 481. The van der Waals surface area contributed by atoms with Gasteiger partial charge in [0, 0.05) is 12.8 Å². The molecule has 0 radical (unpaired) electrons. The first-order valence-electron chi connectivity index (χ1n) is 7.00. The zero-order valence-electron chi connectivity index (χ0n) is 12.3. The van der Waals surface area contributed by atoms with E-state index in [-0.39, 0.29) is 25.2 Å². The largest absolute Gasteiger partial charge is 0.466 e. The van der Waals surface area contributed by atoms with Crippen LogP contribution in [-0.4, -0.2) is 30.4 Å². The fourth-order valence-corrected chi connectivity index (χ4v) is 1.75. The van der Waals surface area contributed by atoms with Crippen molar-refractivity contribution < 1.29 is 23.9 Å². The average Bonchev–Trinajstić information content (AvgIpc) is 2.48. The summed E-state index contributed by atoms with van der Waals surface area (Å²) in [6, 6.07) is 8.45. The van der Waals surface area contributed by atoms with Crippen molar-refractivity contribution in [3.8, 4) is 0 Å². The molecule has 114 valence electrons. The van der Waals surface area contributed by atoms with Crippen LogP contribution in [0.15, 0.2) is 30.3 Å². The van der Waals surface area contributed by atoms with Crippen LogP contribution in [-0.2, 0) is 19.1 Å². The van der Waals surface area contributed by atoms with E-state index in [4.69, 9.17) is 9.47 Å². The molecule has 0 spiro atoms. The summed E-state index contributed by atoms with van der Waals surface area (Å²) >= 11 is 0. The number of ether oxygens (including phenoxy) is 2. The van der Waals surface area contributed by atoms with Gasteiger partial charge in [0.15, 0.2) is 0 Å². The molecule has 0 aliphatic heterocycles. The van der Waals surface area contributed by atoms with Crippen LogP contribution in [0.3, 0.4) is 0 Å². The summed E-state index contributed by atoms with van der Waals surface area (Å²) in [6.07, 6.45) is -0.543. The number of benzene rings is 1. The maximum absolute atomic E-state index is 12.0. The highest BCUT2D eigenvalue weighted by Gasteiger charge is 2.22. The van der Waals surface area contributed by atoms with Gasteiger partial charge in [-0.2, -0.15) is 0 Å². The Morgan fingerprint density at radius 2 is 1.71 bits per heavy atom. The van der Waals surface area contributed by atoms with Crippen molar-refractivity contribution in [2.45, 2.75) is 39.2 Å². The van der Waals surface area contributed by atoms with E-state index in [0.717, 1.165) is 0 Å². The normalized spacial score (nSPS) is 11.5. The maximum Gasteiger partial charge on any atom is 0.338 e. The molecular formula is C16H20O5. The van der Waals surface area contributed by atoms with Gasteiger partial charge in [-0.25, -0.2) is 4.79 Å². The van der Waals surface area contributed by atoms with Crippen molar-refractivity contribution in [2.75, 3.05) is 6.61 Å². The lowest BCUT2D eigenvalue weighted by Crippen LogP contribution is -2.25.